The minimum absolute atomic E-state index is 0.0289. The van der Waals surface area contributed by atoms with Crippen LogP contribution in [0, 0.1) is 0 Å². The first-order valence-electron chi connectivity index (χ1n) is 8.69. The zero-order chi connectivity index (χ0) is 18.1. The molecule has 2 heterocycles. The van der Waals surface area contributed by atoms with Crippen molar-refractivity contribution in [2.24, 2.45) is 0 Å². The fourth-order valence-corrected chi connectivity index (χ4v) is 3.69. The molecule has 1 saturated heterocycles. The van der Waals surface area contributed by atoms with Crippen molar-refractivity contribution in [3.8, 4) is 11.5 Å². The standard InChI is InChI=1S/C20H21N3O3/c1-25-13-9-10-15(18(12-13)26-2)17-8-5-11-23(17)20(24)19-14-6-3-4-7-16(14)21-22-19/h3-4,6-7,9-10,12,17H,5,8,11H2,1-2H3,(H,21,22)/t17-/m0/s1. The number of para-hydroxylation sites is 1. The number of aromatic nitrogens is 2. The van der Waals surface area contributed by atoms with Gasteiger partial charge in [-0.05, 0) is 31.0 Å². The molecule has 1 atom stereocenters. The Bertz CT molecular complexity index is 950. The van der Waals surface area contributed by atoms with Crippen molar-refractivity contribution in [1.29, 1.82) is 0 Å². The van der Waals surface area contributed by atoms with Gasteiger partial charge in [-0.1, -0.05) is 18.2 Å². The summed E-state index contributed by atoms with van der Waals surface area (Å²) in [4.78, 5) is 15.1. The van der Waals surface area contributed by atoms with E-state index in [9.17, 15) is 4.79 Å². The molecule has 1 aliphatic rings. The molecule has 1 aromatic heterocycles. The summed E-state index contributed by atoms with van der Waals surface area (Å²) in [5.41, 5.74) is 2.34. The molecule has 0 spiro atoms. The molecule has 1 amide bonds. The quantitative estimate of drug-likeness (QED) is 0.780. The van der Waals surface area contributed by atoms with E-state index in [2.05, 4.69) is 10.2 Å². The van der Waals surface area contributed by atoms with E-state index in [4.69, 9.17) is 9.47 Å². The average Bonchev–Trinajstić information content (AvgIpc) is 3.34. The number of nitrogens with zero attached hydrogens (tertiary/aromatic N) is 2. The van der Waals surface area contributed by atoms with Gasteiger partial charge in [0.15, 0.2) is 5.69 Å². The molecule has 6 heteroatoms. The number of amides is 1. The Morgan fingerprint density at radius 1 is 1.19 bits per heavy atom. The van der Waals surface area contributed by atoms with Crippen molar-refractivity contribution < 1.29 is 14.3 Å². The number of ether oxygens (including phenoxy) is 2. The van der Waals surface area contributed by atoms with E-state index in [1.165, 1.54) is 0 Å². The summed E-state index contributed by atoms with van der Waals surface area (Å²) in [6.07, 6.45) is 1.85. The van der Waals surface area contributed by atoms with Gasteiger partial charge in [-0.2, -0.15) is 5.10 Å². The van der Waals surface area contributed by atoms with Gasteiger partial charge >= 0.3 is 0 Å². The van der Waals surface area contributed by atoms with Gasteiger partial charge in [0, 0.05) is 23.6 Å². The molecule has 1 fully saturated rings. The van der Waals surface area contributed by atoms with Crippen molar-refractivity contribution in [3.05, 3.63) is 53.7 Å². The van der Waals surface area contributed by atoms with Crippen LogP contribution in [-0.2, 0) is 0 Å². The third-order valence-electron chi connectivity index (χ3n) is 4.99. The van der Waals surface area contributed by atoms with Gasteiger partial charge in [-0.25, -0.2) is 0 Å². The van der Waals surface area contributed by atoms with Crippen molar-refractivity contribution in [3.63, 3.8) is 0 Å². The number of carbonyl (C=O) groups excluding carboxylic acids is 1. The van der Waals surface area contributed by atoms with Crippen LogP contribution < -0.4 is 9.47 Å². The molecule has 0 aliphatic carbocycles. The van der Waals surface area contributed by atoms with Gasteiger partial charge in [0.2, 0.25) is 0 Å². The first-order chi connectivity index (χ1) is 12.7. The second-order valence-electron chi connectivity index (χ2n) is 6.38. The molecule has 6 nitrogen and oxygen atoms in total. The minimum atomic E-state index is -0.0529. The van der Waals surface area contributed by atoms with E-state index in [0.29, 0.717) is 12.2 Å². The highest BCUT2D eigenvalue weighted by molar-refractivity contribution is 6.04. The molecule has 3 aromatic rings. The van der Waals surface area contributed by atoms with Crippen molar-refractivity contribution in [2.45, 2.75) is 18.9 Å². The van der Waals surface area contributed by atoms with Crippen LogP contribution >= 0.6 is 0 Å². The lowest BCUT2D eigenvalue weighted by molar-refractivity contribution is 0.0730. The Morgan fingerprint density at radius 3 is 2.85 bits per heavy atom. The van der Waals surface area contributed by atoms with Crippen molar-refractivity contribution in [1.82, 2.24) is 15.1 Å². The smallest absolute Gasteiger partial charge is 0.275 e. The lowest BCUT2D eigenvalue weighted by Gasteiger charge is -2.26. The van der Waals surface area contributed by atoms with Crippen molar-refractivity contribution in [2.75, 3.05) is 20.8 Å². The molecule has 0 bridgehead atoms. The monoisotopic (exact) mass is 351 g/mol. The fourth-order valence-electron chi connectivity index (χ4n) is 3.69. The largest absolute Gasteiger partial charge is 0.497 e. The minimum Gasteiger partial charge on any atom is -0.497 e. The summed E-state index contributed by atoms with van der Waals surface area (Å²) in [6.45, 7) is 0.708. The number of aromatic amines is 1. The molecule has 0 unspecified atom stereocenters. The Balaban J connectivity index is 1.70. The van der Waals surface area contributed by atoms with Gasteiger partial charge in [0.05, 0.1) is 25.8 Å². The summed E-state index contributed by atoms with van der Waals surface area (Å²) in [6, 6.07) is 13.4. The molecule has 0 saturated carbocycles. The number of carbonyl (C=O) groups is 1. The molecule has 0 radical (unpaired) electrons. The fraction of sp³-hybridized carbons (Fsp3) is 0.300. The highest BCUT2D eigenvalue weighted by atomic mass is 16.5. The first kappa shape index (κ1) is 16.4. The molecule has 1 aliphatic heterocycles. The van der Waals surface area contributed by atoms with Crippen LogP contribution in [0.15, 0.2) is 42.5 Å². The van der Waals surface area contributed by atoms with E-state index in [-0.39, 0.29) is 11.9 Å². The third-order valence-corrected chi connectivity index (χ3v) is 4.99. The van der Waals surface area contributed by atoms with Crippen LogP contribution in [0.2, 0.25) is 0 Å². The Kier molecular flexibility index (Phi) is 4.24. The summed E-state index contributed by atoms with van der Waals surface area (Å²) >= 11 is 0. The van der Waals surface area contributed by atoms with Gasteiger partial charge in [0.1, 0.15) is 11.5 Å². The summed E-state index contributed by atoms with van der Waals surface area (Å²) in [5.74, 6) is 1.42. The van der Waals surface area contributed by atoms with E-state index >= 15 is 0 Å². The van der Waals surface area contributed by atoms with Crippen LogP contribution in [0.1, 0.15) is 34.9 Å². The number of likely N-dealkylation sites (tertiary alicyclic amines) is 1. The number of hydrogen-bond donors (Lipinski definition) is 1. The molecule has 134 valence electrons. The molecule has 2 aromatic carbocycles. The van der Waals surface area contributed by atoms with E-state index in [1.807, 2.05) is 47.4 Å². The number of fused-ring (bicyclic) bond motifs is 1. The number of rotatable bonds is 4. The van der Waals surface area contributed by atoms with E-state index in [1.54, 1.807) is 14.2 Å². The highest BCUT2D eigenvalue weighted by Gasteiger charge is 2.34. The van der Waals surface area contributed by atoms with E-state index in [0.717, 1.165) is 40.8 Å². The summed E-state index contributed by atoms with van der Waals surface area (Å²) < 4.78 is 10.8. The average molecular weight is 351 g/mol. The van der Waals surface area contributed by atoms with E-state index < -0.39 is 0 Å². The predicted molar refractivity (Wildman–Crippen MR) is 98.7 cm³/mol. The third kappa shape index (κ3) is 2.67. The molecule has 26 heavy (non-hydrogen) atoms. The zero-order valence-corrected chi connectivity index (χ0v) is 14.9. The van der Waals surface area contributed by atoms with Gasteiger partial charge < -0.3 is 14.4 Å². The first-order valence-corrected chi connectivity index (χ1v) is 8.69. The van der Waals surface area contributed by atoms with Crippen LogP contribution in [0.4, 0.5) is 0 Å². The Hall–Kier alpha value is -3.02. The number of nitrogens with one attached hydrogen (secondary N) is 1. The van der Waals surface area contributed by atoms with Gasteiger partial charge in [0.25, 0.3) is 5.91 Å². The lowest BCUT2D eigenvalue weighted by atomic mass is 10.0. The maximum absolute atomic E-state index is 13.2. The normalized spacial score (nSPS) is 16.8. The molecule has 1 N–H and O–H groups in total. The molecular formula is C20H21N3O3. The van der Waals surface area contributed by atoms with Gasteiger partial charge in [-0.3, -0.25) is 9.89 Å². The second kappa shape index (κ2) is 6.71. The Labute approximate surface area is 151 Å². The molecule has 4 rings (SSSR count). The zero-order valence-electron chi connectivity index (χ0n) is 14.9. The van der Waals surface area contributed by atoms with Crippen LogP contribution in [-0.4, -0.2) is 41.8 Å². The lowest BCUT2D eigenvalue weighted by Crippen LogP contribution is -2.31. The Morgan fingerprint density at radius 2 is 2.04 bits per heavy atom. The highest BCUT2D eigenvalue weighted by Crippen LogP contribution is 2.39. The number of hydrogen-bond acceptors (Lipinski definition) is 4. The van der Waals surface area contributed by atoms with Crippen molar-refractivity contribution >= 4 is 16.8 Å². The van der Waals surface area contributed by atoms with Crippen LogP contribution in [0.25, 0.3) is 10.9 Å². The topological polar surface area (TPSA) is 67.5 Å². The predicted octanol–water partition coefficient (Wildman–Crippen LogP) is 3.56. The number of H-pyrrole nitrogens is 1. The second-order valence-corrected chi connectivity index (χ2v) is 6.38. The number of benzene rings is 2. The van der Waals surface area contributed by atoms with Crippen LogP contribution in [0.5, 0.6) is 11.5 Å². The maximum atomic E-state index is 13.2. The SMILES string of the molecule is COc1ccc([C@@H]2CCCN2C(=O)c2n[nH]c3ccccc23)c(OC)c1. The van der Waals surface area contributed by atoms with Gasteiger partial charge in [-0.15, -0.1) is 0 Å². The summed E-state index contributed by atoms with van der Waals surface area (Å²) in [5, 5.41) is 8.07. The number of methoxy groups -OCH3 is 2. The van der Waals surface area contributed by atoms with Crippen LogP contribution in [0.3, 0.4) is 0 Å². The molecular weight excluding hydrogens is 330 g/mol. The summed E-state index contributed by atoms with van der Waals surface area (Å²) in [7, 11) is 3.27. The maximum Gasteiger partial charge on any atom is 0.275 e.